The molecular weight excluding hydrogens is 381 g/mol. The number of nitrogens with zero attached hydrogens (tertiary/aromatic N) is 1. The Morgan fingerprint density at radius 3 is 2.63 bits per heavy atom. The van der Waals surface area contributed by atoms with Crippen LogP contribution in [-0.4, -0.2) is 42.4 Å². The molecule has 1 saturated heterocycles. The Morgan fingerprint density at radius 2 is 1.80 bits per heavy atom. The van der Waals surface area contributed by atoms with E-state index in [1.54, 1.807) is 18.2 Å². The van der Waals surface area contributed by atoms with E-state index in [1.165, 1.54) is 28.0 Å². The van der Waals surface area contributed by atoms with Crippen LogP contribution in [0.3, 0.4) is 0 Å². The predicted octanol–water partition coefficient (Wildman–Crippen LogP) is 4.24. The van der Waals surface area contributed by atoms with Crippen molar-refractivity contribution in [1.82, 2.24) is 4.90 Å². The Hall–Kier alpha value is -2.47. The second-order valence-corrected chi connectivity index (χ2v) is 8.29. The Kier molecular flexibility index (Phi) is 5.19. The third-order valence-electron chi connectivity index (χ3n) is 6.42. The molecule has 3 aromatic carbocycles. The van der Waals surface area contributed by atoms with E-state index >= 15 is 0 Å². The topological polar surface area (TPSA) is 41.9 Å². The number of likely N-dealkylation sites (tertiary alicyclic amines) is 1. The molecule has 0 aliphatic carbocycles. The normalized spacial score (nSPS) is 19.1. The van der Waals surface area contributed by atoms with Gasteiger partial charge in [-0.25, -0.2) is 4.39 Å². The molecule has 2 aliphatic heterocycles. The van der Waals surface area contributed by atoms with Crippen LogP contribution in [0.5, 0.6) is 5.75 Å². The fraction of sp³-hybridized carbons (Fsp3) is 0.360. The van der Waals surface area contributed by atoms with Gasteiger partial charge in [0.15, 0.2) is 11.6 Å². The maximum atomic E-state index is 13.7. The quantitative estimate of drug-likeness (QED) is 0.687. The fourth-order valence-corrected chi connectivity index (χ4v) is 4.82. The van der Waals surface area contributed by atoms with Crippen molar-refractivity contribution < 1.29 is 19.0 Å². The summed E-state index contributed by atoms with van der Waals surface area (Å²) in [6, 6.07) is 19.2. The molecule has 0 unspecified atom stereocenters. The van der Waals surface area contributed by atoms with Gasteiger partial charge in [0.2, 0.25) is 0 Å². The molecule has 2 aliphatic rings. The molecule has 4 nitrogen and oxygen atoms in total. The lowest BCUT2D eigenvalue weighted by atomic mass is 9.82. The number of piperidine rings is 1. The Labute approximate surface area is 175 Å². The number of aliphatic hydroxyl groups is 1. The van der Waals surface area contributed by atoms with Crippen LogP contribution in [0.15, 0.2) is 60.7 Å². The fourth-order valence-electron chi connectivity index (χ4n) is 4.82. The van der Waals surface area contributed by atoms with Crippen molar-refractivity contribution in [1.29, 1.82) is 0 Å². The van der Waals surface area contributed by atoms with Crippen molar-refractivity contribution in [3.8, 4) is 5.75 Å². The van der Waals surface area contributed by atoms with E-state index in [9.17, 15) is 9.50 Å². The maximum Gasteiger partial charge on any atom is 0.165 e. The second kappa shape index (κ2) is 7.99. The molecule has 30 heavy (non-hydrogen) atoms. The first-order valence-electron chi connectivity index (χ1n) is 10.6. The molecule has 5 heteroatoms. The van der Waals surface area contributed by atoms with Crippen LogP contribution in [-0.2, 0) is 16.9 Å². The zero-order valence-corrected chi connectivity index (χ0v) is 16.9. The summed E-state index contributed by atoms with van der Waals surface area (Å²) in [6.45, 7) is 2.95. The van der Waals surface area contributed by atoms with Crippen molar-refractivity contribution in [2.75, 3.05) is 26.2 Å². The smallest absolute Gasteiger partial charge is 0.165 e. The molecule has 0 aromatic heterocycles. The molecule has 156 valence electrons. The van der Waals surface area contributed by atoms with Gasteiger partial charge in [0, 0.05) is 19.6 Å². The Morgan fingerprint density at radius 1 is 1.03 bits per heavy atom. The van der Waals surface area contributed by atoms with Crippen LogP contribution in [0.25, 0.3) is 10.8 Å². The zero-order valence-electron chi connectivity index (χ0n) is 16.9. The molecular formula is C25H26FNO3. The van der Waals surface area contributed by atoms with Crippen LogP contribution in [0.4, 0.5) is 4.39 Å². The summed E-state index contributed by atoms with van der Waals surface area (Å²) >= 11 is 0. The number of fused-ring (bicyclic) bond motifs is 4. The van der Waals surface area contributed by atoms with Gasteiger partial charge in [-0.2, -0.15) is 0 Å². The molecule has 1 spiro atoms. The standard InChI is InChI=1S/C25H26FNO3/c26-23-7-3-4-8-24(23)29-16-19(28)15-27-13-11-25(12-14-27)22-10-9-18-5-1-2-6-20(18)21(22)17-30-25/h1-10,19,28H,11-17H2/t19-/m1/s1. The molecule has 0 saturated carbocycles. The van der Waals surface area contributed by atoms with Gasteiger partial charge in [-0.05, 0) is 46.9 Å². The van der Waals surface area contributed by atoms with Crippen LogP contribution >= 0.6 is 0 Å². The average molecular weight is 407 g/mol. The third kappa shape index (κ3) is 3.58. The van der Waals surface area contributed by atoms with E-state index in [4.69, 9.17) is 9.47 Å². The van der Waals surface area contributed by atoms with Crippen molar-refractivity contribution in [3.05, 3.63) is 77.6 Å². The summed E-state index contributed by atoms with van der Waals surface area (Å²) in [4.78, 5) is 2.24. The highest BCUT2D eigenvalue weighted by Crippen LogP contribution is 2.46. The zero-order chi connectivity index (χ0) is 20.6. The van der Waals surface area contributed by atoms with Crippen molar-refractivity contribution in [2.45, 2.75) is 31.2 Å². The summed E-state index contributed by atoms with van der Waals surface area (Å²) in [5.41, 5.74) is 2.42. The van der Waals surface area contributed by atoms with E-state index in [0.29, 0.717) is 13.2 Å². The van der Waals surface area contributed by atoms with Gasteiger partial charge in [-0.3, -0.25) is 0 Å². The van der Waals surface area contributed by atoms with Crippen molar-refractivity contribution in [2.24, 2.45) is 0 Å². The lowest BCUT2D eigenvalue weighted by Gasteiger charge is -2.39. The van der Waals surface area contributed by atoms with Crippen LogP contribution in [0, 0.1) is 5.82 Å². The number of ether oxygens (including phenoxy) is 2. The minimum absolute atomic E-state index is 0.0773. The minimum atomic E-state index is -0.667. The highest BCUT2D eigenvalue weighted by Gasteiger charge is 2.43. The molecule has 1 fully saturated rings. The van der Waals surface area contributed by atoms with Gasteiger partial charge in [-0.1, -0.05) is 48.5 Å². The lowest BCUT2D eigenvalue weighted by molar-refractivity contribution is -0.0835. The molecule has 1 N–H and O–H groups in total. The summed E-state index contributed by atoms with van der Waals surface area (Å²) < 4.78 is 25.5. The first-order valence-corrected chi connectivity index (χ1v) is 10.6. The highest BCUT2D eigenvalue weighted by atomic mass is 19.1. The number of hydrogen-bond acceptors (Lipinski definition) is 4. The van der Waals surface area contributed by atoms with E-state index < -0.39 is 11.9 Å². The first-order chi connectivity index (χ1) is 14.6. The van der Waals surface area contributed by atoms with E-state index in [1.807, 2.05) is 0 Å². The predicted molar refractivity (Wildman–Crippen MR) is 114 cm³/mol. The third-order valence-corrected chi connectivity index (χ3v) is 6.42. The second-order valence-electron chi connectivity index (χ2n) is 8.29. The molecule has 5 rings (SSSR count). The number of β-amino-alcohol motifs (C(OH)–C–C–N with tert-alkyl or cyclic N) is 1. The van der Waals surface area contributed by atoms with Crippen molar-refractivity contribution >= 4 is 10.8 Å². The van der Waals surface area contributed by atoms with Crippen molar-refractivity contribution in [3.63, 3.8) is 0 Å². The van der Waals surface area contributed by atoms with Crippen LogP contribution in [0.2, 0.25) is 0 Å². The van der Waals surface area contributed by atoms with Crippen LogP contribution < -0.4 is 4.74 Å². The molecule has 0 bridgehead atoms. The molecule has 1 atom stereocenters. The summed E-state index contributed by atoms with van der Waals surface area (Å²) in [5.74, 6) is -0.230. The van der Waals surface area contributed by atoms with Gasteiger partial charge in [0.05, 0.1) is 12.2 Å². The van der Waals surface area contributed by atoms with E-state index in [-0.39, 0.29) is 18.0 Å². The lowest BCUT2D eigenvalue weighted by Crippen LogP contribution is -2.46. The van der Waals surface area contributed by atoms with Gasteiger partial charge >= 0.3 is 0 Å². The first kappa shape index (κ1) is 19.5. The summed E-state index contributed by atoms with van der Waals surface area (Å²) in [7, 11) is 0. The number of rotatable bonds is 5. The Balaban J connectivity index is 1.20. The van der Waals surface area contributed by atoms with Gasteiger partial charge in [-0.15, -0.1) is 0 Å². The molecule has 0 amide bonds. The van der Waals surface area contributed by atoms with Crippen LogP contribution in [0.1, 0.15) is 24.0 Å². The number of hydrogen-bond donors (Lipinski definition) is 1. The number of halogens is 1. The van der Waals surface area contributed by atoms with Gasteiger partial charge in [0.1, 0.15) is 12.7 Å². The number of para-hydroxylation sites is 1. The SMILES string of the molecule is O[C@@H](COc1ccccc1F)CN1CCC2(CC1)OCc1c2ccc2ccccc12. The summed E-state index contributed by atoms with van der Waals surface area (Å²) in [5, 5.41) is 12.9. The Bertz CT molecular complexity index is 1050. The molecule has 2 heterocycles. The van der Waals surface area contributed by atoms with E-state index in [0.717, 1.165) is 25.9 Å². The molecule has 0 radical (unpaired) electrons. The van der Waals surface area contributed by atoms with E-state index in [2.05, 4.69) is 41.3 Å². The minimum Gasteiger partial charge on any atom is -0.488 e. The largest absolute Gasteiger partial charge is 0.488 e. The maximum absolute atomic E-state index is 13.7. The average Bonchev–Trinajstić information content (AvgIpc) is 3.13. The summed E-state index contributed by atoms with van der Waals surface area (Å²) in [6.07, 6.45) is 1.14. The monoisotopic (exact) mass is 407 g/mol. The number of aliphatic hydroxyl groups excluding tert-OH is 1. The molecule has 3 aromatic rings. The van der Waals surface area contributed by atoms with Gasteiger partial charge < -0.3 is 19.5 Å². The highest BCUT2D eigenvalue weighted by molar-refractivity contribution is 5.87. The number of benzene rings is 3. The van der Waals surface area contributed by atoms with Gasteiger partial charge in [0.25, 0.3) is 0 Å².